The summed E-state index contributed by atoms with van der Waals surface area (Å²) in [6.45, 7) is 7.10. The topological polar surface area (TPSA) is 106 Å². The maximum Gasteiger partial charge on any atom is 0.280 e. The van der Waals surface area contributed by atoms with Crippen molar-refractivity contribution < 1.29 is 9.53 Å². The standard InChI is InChI=1S/C19H23N5O2/c1-13-4-2-3-8-24(12-15-11-22-7-9-26-15)17-10-14(5-6-16(13)17)18(25)23-19(20)21/h2-6,8,10,15,22H,1,7,9,11-12H2,(H4,20,21,23,25)/b4-2-,8-3-. The molecule has 1 aromatic carbocycles. The van der Waals surface area contributed by atoms with Crippen molar-refractivity contribution in [2.45, 2.75) is 6.10 Å². The molecule has 0 bridgehead atoms. The van der Waals surface area contributed by atoms with E-state index in [2.05, 4.69) is 21.8 Å². The molecule has 2 heterocycles. The number of nitrogens with zero attached hydrogens (tertiary/aromatic N) is 2. The fourth-order valence-electron chi connectivity index (χ4n) is 2.97. The molecule has 0 spiro atoms. The van der Waals surface area contributed by atoms with Crippen molar-refractivity contribution in [3.63, 3.8) is 0 Å². The van der Waals surface area contributed by atoms with Gasteiger partial charge in [0.15, 0.2) is 5.96 Å². The molecule has 7 nitrogen and oxygen atoms in total. The Balaban J connectivity index is 1.97. The van der Waals surface area contributed by atoms with E-state index in [9.17, 15) is 4.79 Å². The van der Waals surface area contributed by atoms with Crippen molar-refractivity contribution in [2.75, 3.05) is 31.1 Å². The first-order valence-electron chi connectivity index (χ1n) is 8.45. The van der Waals surface area contributed by atoms with Crippen LogP contribution in [0.1, 0.15) is 15.9 Å². The van der Waals surface area contributed by atoms with Gasteiger partial charge in [-0.3, -0.25) is 4.79 Å². The molecule has 1 amide bonds. The van der Waals surface area contributed by atoms with Gasteiger partial charge in [0.05, 0.1) is 19.3 Å². The fraction of sp³-hybridized carbons (Fsp3) is 0.263. The number of fused-ring (bicyclic) bond motifs is 1. The van der Waals surface area contributed by atoms with Gasteiger partial charge in [-0.2, -0.15) is 4.99 Å². The van der Waals surface area contributed by atoms with Gasteiger partial charge in [0.25, 0.3) is 5.91 Å². The quantitative estimate of drug-likeness (QED) is 0.553. The summed E-state index contributed by atoms with van der Waals surface area (Å²) in [6.07, 6.45) is 7.83. The lowest BCUT2D eigenvalue weighted by Gasteiger charge is -2.31. The van der Waals surface area contributed by atoms with Crippen LogP contribution >= 0.6 is 0 Å². The number of amides is 1. The van der Waals surface area contributed by atoms with Crippen molar-refractivity contribution in [3.05, 3.63) is 60.3 Å². The van der Waals surface area contributed by atoms with E-state index in [1.54, 1.807) is 12.1 Å². The summed E-state index contributed by atoms with van der Waals surface area (Å²) in [5.41, 5.74) is 13.7. The predicted octanol–water partition coefficient (Wildman–Crippen LogP) is 0.992. The average molecular weight is 353 g/mol. The molecule has 5 N–H and O–H groups in total. The third kappa shape index (κ3) is 4.19. The molecular weight excluding hydrogens is 330 g/mol. The van der Waals surface area contributed by atoms with E-state index in [4.69, 9.17) is 16.2 Å². The second-order valence-corrected chi connectivity index (χ2v) is 6.15. The number of nitrogens with two attached hydrogens (primary N) is 2. The summed E-state index contributed by atoms with van der Waals surface area (Å²) in [6, 6.07) is 5.35. The maximum absolute atomic E-state index is 12.2. The summed E-state index contributed by atoms with van der Waals surface area (Å²) in [5.74, 6) is -0.733. The van der Waals surface area contributed by atoms with E-state index in [-0.39, 0.29) is 12.1 Å². The number of hydrogen-bond donors (Lipinski definition) is 3. The molecule has 1 aromatic rings. The zero-order chi connectivity index (χ0) is 18.5. The third-order valence-corrected chi connectivity index (χ3v) is 4.21. The van der Waals surface area contributed by atoms with E-state index in [0.29, 0.717) is 18.7 Å². The van der Waals surface area contributed by atoms with Crippen LogP contribution in [-0.2, 0) is 4.74 Å². The van der Waals surface area contributed by atoms with Crippen LogP contribution in [0.15, 0.2) is 54.2 Å². The number of guanidine groups is 1. The van der Waals surface area contributed by atoms with Crippen molar-refractivity contribution in [1.82, 2.24) is 5.32 Å². The van der Waals surface area contributed by atoms with Gasteiger partial charge in [0, 0.05) is 36.1 Å². The van der Waals surface area contributed by atoms with Gasteiger partial charge in [-0.05, 0) is 23.8 Å². The summed E-state index contributed by atoms with van der Waals surface area (Å²) in [5, 5.41) is 3.33. The number of allylic oxidation sites excluding steroid dienone is 4. The number of ether oxygens (including phenoxy) is 1. The molecule has 136 valence electrons. The van der Waals surface area contributed by atoms with Crippen LogP contribution in [0.4, 0.5) is 5.69 Å². The van der Waals surface area contributed by atoms with Crippen molar-refractivity contribution in [1.29, 1.82) is 0 Å². The first-order chi connectivity index (χ1) is 12.5. The Hall–Kier alpha value is -2.90. The van der Waals surface area contributed by atoms with Crippen LogP contribution < -0.4 is 21.7 Å². The molecule has 1 saturated heterocycles. The van der Waals surface area contributed by atoms with Gasteiger partial charge in [-0.25, -0.2) is 0 Å². The Morgan fingerprint density at radius 2 is 2.23 bits per heavy atom. The smallest absolute Gasteiger partial charge is 0.280 e. The summed E-state index contributed by atoms with van der Waals surface area (Å²) in [7, 11) is 0. The van der Waals surface area contributed by atoms with Crippen LogP contribution in [0, 0.1) is 0 Å². The van der Waals surface area contributed by atoms with E-state index < -0.39 is 5.91 Å². The number of nitrogens with one attached hydrogen (secondary N) is 1. The highest BCUT2D eigenvalue weighted by Crippen LogP contribution is 2.31. The number of carbonyl (C=O) groups excluding carboxylic acids is 1. The van der Waals surface area contributed by atoms with Gasteiger partial charge in [-0.1, -0.05) is 24.8 Å². The minimum atomic E-state index is -0.476. The van der Waals surface area contributed by atoms with Crippen molar-refractivity contribution in [3.8, 4) is 0 Å². The first kappa shape index (κ1) is 17.9. The molecule has 2 aliphatic heterocycles. The van der Waals surface area contributed by atoms with E-state index in [1.807, 2.05) is 30.5 Å². The Labute approximate surface area is 152 Å². The third-order valence-electron chi connectivity index (χ3n) is 4.21. The van der Waals surface area contributed by atoms with Gasteiger partial charge >= 0.3 is 0 Å². The highest BCUT2D eigenvalue weighted by molar-refractivity contribution is 6.03. The number of morpholine rings is 1. The molecule has 0 aromatic heterocycles. The van der Waals surface area contributed by atoms with Crippen molar-refractivity contribution in [2.24, 2.45) is 16.5 Å². The molecule has 3 rings (SSSR count). The molecular formula is C19H23N5O2. The Kier molecular flexibility index (Phi) is 5.50. The van der Waals surface area contributed by atoms with E-state index >= 15 is 0 Å². The Morgan fingerprint density at radius 1 is 1.38 bits per heavy atom. The molecule has 0 radical (unpaired) electrons. The predicted molar refractivity (Wildman–Crippen MR) is 104 cm³/mol. The zero-order valence-electron chi connectivity index (χ0n) is 14.5. The van der Waals surface area contributed by atoms with E-state index in [1.165, 1.54) is 0 Å². The molecule has 1 fully saturated rings. The number of rotatable bonds is 3. The minimum Gasteiger partial charge on any atom is -0.374 e. The molecule has 26 heavy (non-hydrogen) atoms. The largest absolute Gasteiger partial charge is 0.374 e. The maximum atomic E-state index is 12.2. The lowest BCUT2D eigenvalue weighted by Crippen LogP contribution is -2.44. The number of benzene rings is 1. The van der Waals surface area contributed by atoms with Crippen LogP contribution in [0.3, 0.4) is 0 Å². The average Bonchev–Trinajstić information content (AvgIpc) is 2.62. The lowest BCUT2D eigenvalue weighted by atomic mass is 10.00. The number of aliphatic imine (C=N–C) groups is 1. The second-order valence-electron chi connectivity index (χ2n) is 6.15. The van der Waals surface area contributed by atoms with Crippen LogP contribution in [0.25, 0.3) is 5.57 Å². The van der Waals surface area contributed by atoms with Gasteiger partial charge < -0.3 is 26.4 Å². The number of hydrogen-bond acceptors (Lipinski definition) is 4. The minimum absolute atomic E-state index is 0.0509. The second kappa shape index (κ2) is 7.99. The van der Waals surface area contributed by atoms with Crippen LogP contribution in [-0.4, -0.2) is 44.2 Å². The molecule has 1 atom stereocenters. The normalized spacial score (nSPS) is 21.9. The van der Waals surface area contributed by atoms with Crippen LogP contribution in [0.2, 0.25) is 0 Å². The van der Waals surface area contributed by atoms with Crippen LogP contribution in [0.5, 0.6) is 0 Å². The highest BCUT2D eigenvalue weighted by atomic mass is 16.5. The lowest BCUT2D eigenvalue weighted by molar-refractivity contribution is 0.0345. The monoisotopic (exact) mass is 353 g/mol. The van der Waals surface area contributed by atoms with Gasteiger partial charge in [0.1, 0.15) is 0 Å². The molecule has 0 saturated carbocycles. The van der Waals surface area contributed by atoms with E-state index in [0.717, 1.165) is 29.9 Å². The summed E-state index contributed by atoms with van der Waals surface area (Å²) in [4.78, 5) is 17.9. The summed E-state index contributed by atoms with van der Waals surface area (Å²) < 4.78 is 5.82. The van der Waals surface area contributed by atoms with Gasteiger partial charge in [-0.15, -0.1) is 0 Å². The first-order valence-corrected chi connectivity index (χ1v) is 8.45. The zero-order valence-corrected chi connectivity index (χ0v) is 14.5. The number of carbonyl (C=O) groups is 1. The molecule has 0 aliphatic carbocycles. The Bertz CT molecular complexity index is 787. The highest BCUT2D eigenvalue weighted by Gasteiger charge is 2.21. The molecule has 7 heteroatoms. The SMILES string of the molecule is C=C1/C=C\C=C/N(CC2CNCCO2)c2cc(C(=O)N=C(N)N)ccc21. The van der Waals surface area contributed by atoms with Gasteiger partial charge in [0.2, 0.25) is 0 Å². The molecule has 2 aliphatic rings. The Morgan fingerprint density at radius 3 is 2.96 bits per heavy atom. The summed E-state index contributed by atoms with van der Waals surface area (Å²) >= 11 is 0. The van der Waals surface area contributed by atoms with Crippen molar-refractivity contribution >= 4 is 23.1 Å². The number of anilines is 1. The fourth-order valence-corrected chi connectivity index (χ4v) is 2.97. The molecule has 1 unspecified atom stereocenters.